The molecule has 6 rings (SSSR count). The van der Waals surface area contributed by atoms with Crippen molar-refractivity contribution in [3.63, 3.8) is 0 Å². The van der Waals surface area contributed by atoms with Gasteiger partial charge in [0.15, 0.2) is 0 Å². The zero-order chi connectivity index (χ0) is 36.6. The Balaban J connectivity index is 1.71. The van der Waals surface area contributed by atoms with Crippen LogP contribution in [0.4, 0.5) is 0 Å². The molecule has 1 aliphatic heterocycles. The van der Waals surface area contributed by atoms with Gasteiger partial charge >= 0.3 is 7.12 Å². The van der Waals surface area contributed by atoms with Crippen LogP contribution in [-0.2, 0) is 9.31 Å². The van der Waals surface area contributed by atoms with Gasteiger partial charge in [-0.3, -0.25) is 0 Å². The number of benzene rings is 4. The van der Waals surface area contributed by atoms with Gasteiger partial charge in [-0.15, -0.1) is 0 Å². The van der Waals surface area contributed by atoms with Gasteiger partial charge in [0.05, 0.1) is 31.8 Å². The van der Waals surface area contributed by atoms with E-state index in [2.05, 4.69) is 0 Å². The molecule has 0 radical (unpaired) electrons. The molecule has 0 bridgehead atoms. The fourth-order valence-corrected chi connectivity index (χ4v) is 3.66. The first kappa shape index (κ1) is 10.5. The molecule has 5 aromatic rings. The van der Waals surface area contributed by atoms with Crippen molar-refractivity contribution in [1.29, 1.82) is 0 Å². The van der Waals surface area contributed by atoms with Gasteiger partial charge in [0.2, 0.25) is 0 Å². The van der Waals surface area contributed by atoms with Crippen molar-refractivity contribution in [2.24, 2.45) is 0 Å². The summed E-state index contributed by atoms with van der Waals surface area (Å²) in [6.45, 7) is 7.03. The van der Waals surface area contributed by atoms with Crippen LogP contribution in [0.5, 0.6) is 0 Å². The van der Waals surface area contributed by atoms with E-state index in [1.54, 1.807) is 27.7 Å². The van der Waals surface area contributed by atoms with E-state index in [0.717, 1.165) is 0 Å². The molecule has 3 nitrogen and oxygen atoms in total. The Bertz CT molecular complexity index is 2240. The lowest BCUT2D eigenvalue weighted by Gasteiger charge is -2.32. The highest BCUT2D eigenvalue weighted by Gasteiger charge is 2.51. The van der Waals surface area contributed by atoms with E-state index >= 15 is 0 Å². The Morgan fingerprint density at radius 2 is 1.32 bits per heavy atom. The quantitative estimate of drug-likeness (QED) is 0.266. The summed E-state index contributed by atoms with van der Waals surface area (Å²) in [6.07, 6.45) is 0. The Kier molecular flexibility index (Phi) is 2.35. The molecule has 0 atom stereocenters. The van der Waals surface area contributed by atoms with E-state index in [9.17, 15) is 0 Å². The summed E-state index contributed by atoms with van der Waals surface area (Å²) in [7, 11) is -1.27. The third-order valence-corrected chi connectivity index (χ3v) is 6.21. The molecule has 0 N–H and O–H groups in total. The van der Waals surface area contributed by atoms with Crippen molar-refractivity contribution in [3.8, 4) is 22.3 Å². The standard InChI is InChI=1S/C30H27BO3/c1-29(2)30(3,4)34-31(33-29)23-16-13-20(14-17-23)22-15-18-25-27(19-22)32-26-12-8-11-24(28(25)26)21-9-6-5-7-10-21/h5-19H,1-4H3/i5D,6D,7D,8D,9D,10D,11D,12D,13D,14D,15D,16D,17D,18D,19D. The maximum atomic E-state index is 9.09. The molecular formula is C30H27BO3. The Morgan fingerprint density at radius 3 is 2.03 bits per heavy atom. The van der Waals surface area contributed by atoms with Gasteiger partial charge in [0, 0.05) is 10.8 Å². The van der Waals surface area contributed by atoms with Gasteiger partial charge in [0.1, 0.15) is 11.2 Å². The van der Waals surface area contributed by atoms with Crippen LogP contribution in [0.25, 0.3) is 44.2 Å². The fraction of sp³-hybridized carbons (Fsp3) is 0.200. The average Bonchev–Trinajstić information content (AvgIpc) is 3.53. The lowest BCUT2D eigenvalue weighted by atomic mass is 9.78. The zero-order valence-corrected chi connectivity index (χ0v) is 18.8. The van der Waals surface area contributed by atoms with Gasteiger partial charge in [0.25, 0.3) is 0 Å². The van der Waals surface area contributed by atoms with Crippen molar-refractivity contribution < 1.29 is 34.3 Å². The first-order valence-electron chi connectivity index (χ1n) is 18.1. The Morgan fingerprint density at radius 1 is 0.647 bits per heavy atom. The second-order valence-electron chi connectivity index (χ2n) is 8.89. The predicted octanol–water partition coefficient (Wildman–Crippen LogP) is 7.22. The van der Waals surface area contributed by atoms with Gasteiger partial charge < -0.3 is 13.7 Å². The molecule has 0 unspecified atom stereocenters. The SMILES string of the molecule is [2H]c1c([2H])c([2H])c(-c2c([2H])c([2H])c([2H])c3oc4c([2H])c(-c5c([2H])c([2H])c(B6OC(C)(C)C(C)(C)O6)c([2H])c5[2H])c([2H])c([2H])c4c23)c([2H])c1[2H]. The van der Waals surface area contributed by atoms with Crippen LogP contribution in [0.1, 0.15) is 48.3 Å². The maximum absolute atomic E-state index is 9.09. The monoisotopic (exact) mass is 461 g/mol. The number of hydrogen-bond donors (Lipinski definition) is 0. The normalized spacial score (nSPS) is 23.2. The molecule has 1 fully saturated rings. The van der Waals surface area contributed by atoms with E-state index in [1.807, 2.05) is 0 Å². The molecule has 0 aliphatic carbocycles. The van der Waals surface area contributed by atoms with E-state index in [4.69, 9.17) is 34.3 Å². The first-order valence-corrected chi connectivity index (χ1v) is 10.6. The van der Waals surface area contributed by atoms with Crippen molar-refractivity contribution in [1.82, 2.24) is 0 Å². The lowest BCUT2D eigenvalue weighted by Crippen LogP contribution is -2.41. The smallest absolute Gasteiger partial charge is 0.456 e. The summed E-state index contributed by atoms with van der Waals surface area (Å²) < 4.78 is 147. The third-order valence-electron chi connectivity index (χ3n) is 6.21. The van der Waals surface area contributed by atoms with Gasteiger partial charge in [-0.1, -0.05) is 72.5 Å². The zero-order valence-electron chi connectivity index (χ0n) is 33.8. The van der Waals surface area contributed by atoms with Crippen LogP contribution in [0.2, 0.25) is 0 Å². The summed E-state index contributed by atoms with van der Waals surface area (Å²) in [5.41, 5.74) is -4.76. The summed E-state index contributed by atoms with van der Waals surface area (Å²) >= 11 is 0. The highest BCUT2D eigenvalue weighted by atomic mass is 16.7. The van der Waals surface area contributed by atoms with Crippen molar-refractivity contribution in [2.45, 2.75) is 38.9 Å². The van der Waals surface area contributed by atoms with Crippen LogP contribution >= 0.6 is 0 Å². The minimum Gasteiger partial charge on any atom is -0.456 e. The van der Waals surface area contributed by atoms with Crippen molar-refractivity contribution in [2.75, 3.05) is 0 Å². The number of fused-ring (bicyclic) bond motifs is 3. The van der Waals surface area contributed by atoms with Gasteiger partial charge in [-0.05, 0) is 73.5 Å². The summed E-state index contributed by atoms with van der Waals surface area (Å²) in [5, 5.41) is -0.629. The summed E-state index contributed by atoms with van der Waals surface area (Å²) in [6, 6.07) is -10.2. The first-order chi connectivity index (χ1) is 22.6. The average molecular weight is 461 g/mol. The Hall–Kier alpha value is -3.34. The number of furan rings is 1. The highest BCUT2D eigenvalue weighted by molar-refractivity contribution is 6.62. The van der Waals surface area contributed by atoms with Gasteiger partial charge in [-0.25, -0.2) is 0 Å². The van der Waals surface area contributed by atoms with Gasteiger partial charge in [-0.2, -0.15) is 0 Å². The molecule has 34 heavy (non-hydrogen) atoms. The molecule has 168 valence electrons. The molecule has 2 heterocycles. The minimum absolute atomic E-state index is 0.195. The molecule has 0 saturated carbocycles. The molecule has 0 amide bonds. The predicted molar refractivity (Wildman–Crippen MR) is 140 cm³/mol. The molecule has 4 heteroatoms. The fourth-order valence-electron chi connectivity index (χ4n) is 3.66. The Labute approximate surface area is 221 Å². The van der Waals surface area contributed by atoms with Crippen molar-refractivity contribution in [3.05, 3.63) is 90.6 Å². The van der Waals surface area contributed by atoms with Crippen molar-refractivity contribution >= 4 is 34.5 Å². The van der Waals surface area contributed by atoms with Crippen LogP contribution in [-0.4, -0.2) is 18.3 Å². The lowest BCUT2D eigenvalue weighted by molar-refractivity contribution is 0.00578. The molecule has 1 aromatic heterocycles. The molecule has 4 aromatic carbocycles. The second kappa shape index (κ2) is 7.59. The van der Waals surface area contributed by atoms with E-state index in [-0.39, 0.29) is 16.2 Å². The second-order valence-corrected chi connectivity index (χ2v) is 8.89. The topological polar surface area (TPSA) is 31.6 Å². The summed E-state index contributed by atoms with van der Waals surface area (Å²) in [5.74, 6) is 0. The summed E-state index contributed by atoms with van der Waals surface area (Å²) in [4.78, 5) is 0. The van der Waals surface area contributed by atoms with E-state index in [0.29, 0.717) is 0 Å². The molecule has 1 aliphatic rings. The van der Waals surface area contributed by atoms with Crippen LogP contribution < -0.4 is 5.46 Å². The largest absolute Gasteiger partial charge is 0.494 e. The third kappa shape index (κ3) is 3.37. The molecular weight excluding hydrogens is 419 g/mol. The molecule has 0 spiro atoms. The van der Waals surface area contributed by atoms with E-state index in [1.165, 1.54) is 0 Å². The number of rotatable bonds is 3. The van der Waals surface area contributed by atoms with Crippen LogP contribution in [0.15, 0.2) is 95.1 Å². The molecule has 1 saturated heterocycles. The van der Waals surface area contributed by atoms with E-state index < -0.39 is 142 Å². The minimum atomic E-state index is -1.27. The number of hydrogen-bond acceptors (Lipinski definition) is 3. The highest BCUT2D eigenvalue weighted by Crippen LogP contribution is 2.39. The van der Waals surface area contributed by atoms with Crippen LogP contribution in [0, 0.1) is 0 Å². The maximum Gasteiger partial charge on any atom is 0.494 e. The van der Waals surface area contributed by atoms with Crippen LogP contribution in [0.3, 0.4) is 0 Å².